The highest BCUT2D eigenvalue weighted by Gasteiger charge is 2.26. The van der Waals surface area contributed by atoms with Gasteiger partial charge in [-0.25, -0.2) is 14.0 Å². The molecule has 1 fully saturated rings. The Morgan fingerprint density at radius 1 is 1.38 bits per heavy atom. The molecule has 0 aromatic heterocycles. The molecular weight excluding hydrogens is 275 g/mol. The van der Waals surface area contributed by atoms with E-state index in [-0.39, 0.29) is 23.3 Å². The second kappa shape index (κ2) is 6.56. The fourth-order valence-electron chi connectivity index (χ4n) is 2.78. The van der Waals surface area contributed by atoms with Gasteiger partial charge in [-0.2, -0.15) is 0 Å². The molecule has 0 heterocycles. The lowest BCUT2D eigenvalue weighted by Gasteiger charge is -2.28. The van der Waals surface area contributed by atoms with Crippen LogP contribution in [0.3, 0.4) is 0 Å². The zero-order chi connectivity index (χ0) is 15.4. The standard InChI is InChI=1S/C15H19FN2O3/c1-2-18(11-5-3-4-6-11)15(21)17-13-9-10(16)7-8-12(13)14(19)20/h7-9,11H,2-6H2,1H3,(H,17,21)(H,19,20). The van der Waals surface area contributed by atoms with Crippen molar-refractivity contribution in [3.05, 3.63) is 29.6 Å². The van der Waals surface area contributed by atoms with Gasteiger partial charge in [0.25, 0.3) is 0 Å². The quantitative estimate of drug-likeness (QED) is 0.895. The highest BCUT2D eigenvalue weighted by Crippen LogP contribution is 2.25. The number of aromatic carboxylic acids is 1. The molecule has 1 aliphatic carbocycles. The molecule has 0 spiro atoms. The summed E-state index contributed by atoms with van der Waals surface area (Å²) in [6, 6.07) is 3.05. The summed E-state index contributed by atoms with van der Waals surface area (Å²) in [6.07, 6.45) is 4.09. The number of hydrogen-bond acceptors (Lipinski definition) is 2. The fourth-order valence-corrected chi connectivity index (χ4v) is 2.78. The maximum Gasteiger partial charge on any atom is 0.337 e. The zero-order valence-corrected chi connectivity index (χ0v) is 11.9. The third kappa shape index (κ3) is 3.51. The first-order valence-corrected chi connectivity index (χ1v) is 7.13. The first-order valence-electron chi connectivity index (χ1n) is 7.13. The number of nitrogens with one attached hydrogen (secondary N) is 1. The molecule has 2 amide bonds. The Morgan fingerprint density at radius 3 is 2.62 bits per heavy atom. The number of anilines is 1. The van der Waals surface area contributed by atoms with E-state index in [1.165, 1.54) is 0 Å². The Labute approximate surface area is 122 Å². The molecule has 0 atom stereocenters. The molecule has 2 rings (SSSR count). The maximum absolute atomic E-state index is 13.3. The first-order chi connectivity index (χ1) is 10.0. The number of carbonyl (C=O) groups excluding carboxylic acids is 1. The number of rotatable bonds is 4. The van der Waals surface area contributed by atoms with Crippen molar-refractivity contribution in [1.29, 1.82) is 0 Å². The number of carboxylic acid groups (broad SMARTS) is 1. The van der Waals surface area contributed by atoms with Gasteiger partial charge in [0.1, 0.15) is 5.82 Å². The summed E-state index contributed by atoms with van der Waals surface area (Å²) in [6.45, 7) is 2.41. The summed E-state index contributed by atoms with van der Waals surface area (Å²) < 4.78 is 13.3. The Bertz CT molecular complexity index is 542. The summed E-state index contributed by atoms with van der Waals surface area (Å²) in [5.74, 6) is -1.78. The molecule has 1 aliphatic rings. The van der Waals surface area contributed by atoms with Crippen molar-refractivity contribution in [2.75, 3.05) is 11.9 Å². The van der Waals surface area contributed by atoms with Gasteiger partial charge in [-0.3, -0.25) is 0 Å². The molecule has 1 aromatic rings. The van der Waals surface area contributed by atoms with E-state index in [1.54, 1.807) is 4.90 Å². The Morgan fingerprint density at radius 2 is 2.05 bits per heavy atom. The van der Waals surface area contributed by atoms with Crippen LogP contribution in [0.4, 0.5) is 14.9 Å². The summed E-state index contributed by atoms with van der Waals surface area (Å²) in [5, 5.41) is 11.6. The van der Waals surface area contributed by atoms with Gasteiger partial charge in [-0.1, -0.05) is 12.8 Å². The van der Waals surface area contributed by atoms with Gasteiger partial charge in [-0.05, 0) is 38.0 Å². The van der Waals surface area contributed by atoms with Crippen molar-refractivity contribution in [1.82, 2.24) is 4.90 Å². The highest BCUT2D eigenvalue weighted by molar-refractivity contribution is 6.00. The predicted octanol–water partition coefficient (Wildman–Crippen LogP) is 3.32. The van der Waals surface area contributed by atoms with Crippen molar-refractivity contribution < 1.29 is 19.1 Å². The largest absolute Gasteiger partial charge is 0.478 e. The van der Waals surface area contributed by atoms with Crippen molar-refractivity contribution in [3.8, 4) is 0 Å². The maximum atomic E-state index is 13.3. The Hall–Kier alpha value is -2.11. The van der Waals surface area contributed by atoms with Gasteiger partial charge in [0.05, 0.1) is 11.3 Å². The zero-order valence-electron chi connectivity index (χ0n) is 11.9. The number of benzene rings is 1. The molecule has 6 heteroatoms. The third-order valence-electron chi connectivity index (χ3n) is 3.82. The minimum Gasteiger partial charge on any atom is -0.478 e. The van der Waals surface area contributed by atoms with E-state index in [0.29, 0.717) is 6.54 Å². The van der Waals surface area contributed by atoms with Crippen LogP contribution in [0, 0.1) is 5.82 Å². The number of carbonyl (C=O) groups is 2. The predicted molar refractivity (Wildman–Crippen MR) is 77.0 cm³/mol. The summed E-state index contributed by atoms with van der Waals surface area (Å²) in [7, 11) is 0. The minimum atomic E-state index is -1.20. The van der Waals surface area contributed by atoms with Gasteiger partial charge in [0.15, 0.2) is 0 Å². The fraction of sp³-hybridized carbons (Fsp3) is 0.467. The summed E-state index contributed by atoms with van der Waals surface area (Å²) >= 11 is 0. The van der Waals surface area contributed by atoms with Crippen LogP contribution in [0.1, 0.15) is 43.0 Å². The van der Waals surface area contributed by atoms with Crippen molar-refractivity contribution in [2.45, 2.75) is 38.6 Å². The average Bonchev–Trinajstić information content (AvgIpc) is 2.93. The van der Waals surface area contributed by atoms with Crippen LogP contribution in [0.15, 0.2) is 18.2 Å². The van der Waals surface area contributed by atoms with Crippen LogP contribution in [-0.2, 0) is 0 Å². The first kappa shape index (κ1) is 15.3. The lowest BCUT2D eigenvalue weighted by molar-refractivity contribution is 0.0698. The van der Waals surface area contributed by atoms with E-state index in [0.717, 1.165) is 43.9 Å². The van der Waals surface area contributed by atoms with E-state index in [1.807, 2.05) is 6.92 Å². The smallest absolute Gasteiger partial charge is 0.337 e. The second-order valence-corrected chi connectivity index (χ2v) is 5.15. The number of amides is 2. The van der Waals surface area contributed by atoms with Gasteiger partial charge >= 0.3 is 12.0 Å². The average molecular weight is 294 g/mol. The van der Waals surface area contributed by atoms with Gasteiger partial charge in [0, 0.05) is 12.6 Å². The number of halogens is 1. The van der Waals surface area contributed by atoms with Crippen LogP contribution in [0.5, 0.6) is 0 Å². The normalized spacial score (nSPS) is 15.0. The van der Waals surface area contributed by atoms with Crippen LogP contribution < -0.4 is 5.32 Å². The molecule has 5 nitrogen and oxygen atoms in total. The van der Waals surface area contributed by atoms with Crippen molar-refractivity contribution in [3.63, 3.8) is 0 Å². The van der Waals surface area contributed by atoms with Gasteiger partial charge < -0.3 is 15.3 Å². The van der Waals surface area contributed by atoms with E-state index < -0.39 is 11.8 Å². The molecule has 21 heavy (non-hydrogen) atoms. The van der Waals surface area contributed by atoms with E-state index in [9.17, 15) is 14.0 Å². The minimum absolute atomic E-state index is 0.0102. The molecule has 114 valence electrons. The van der Waals surface area contributed by atoms with Crippen molar-refractivity contribution >= 4 is 17.7 Å². The molecule has 0 unspecified atom stereocenters. The second-order valence-electron chi connectivity index (χ2n) is 5.15. The van der Waals surface area contributed by atoms with E-state index in [2.05, 4.69) is 5.32 Å². The van der Waals surface area contributed by atoms with E-state index >= 15 is 0 Å². The van der Waals surface area contributed by atoms with E-state index in [4.69, 9.17) is 5.11 Å². The molecule has 0 saturated heterocycles. The van der Waals surface area contributed by atoms with Gasteiger partial charge in [0.2, 0.25) is 0 Å². The molecule has 0 aliphatic heterocycles. The van der Waals surface area contributed by atoms with Gasteiger partial charge in [-0.15, -0.1) is 0 Å². The SMILES string of the molecule is CCN(C(=O)Nc1cc(F)ccc1C(=O)O)C1CCCC1. The Kier molecular flexibility index (Phi) is 4.77. The molecule has 0 radical (unpaired) electrons. The summed E-state index contributed by atoms with van der Waals surface area (Å²) in [5.41, 5.74) is -0.129. The van der Waals surface area contributed by atoms with Crippen LogP contribution >= 0.6 is 0 Å². The lowest BCUT2D eigenvalue weighted by Crippen LogP contribution is -2.41. The molecule has 2 N–H and O–H groups in total. The molecule has 1 saturated carbocycles. The third-order valence-corrected chi connectivity index (χ3v) is 3.82. The monoisotopic (exact) mass is 294 g/mol. The van der Waals surface area contributed by atoms with Crippen LogP contribution in [0.2, 0.25) is 0 Å². The number of carboxylic acids is 1. The topological polar surface area (TPSA) is 69.6 Å². The number of urea groups is 1. The number of nitrogens with zero attached hydrogens (tertiary/aromatic N) is 1. The molecule has 0 bridgehead atoms. The van der Waals surface area contributed by atoms with Crippen molar-refractivity contribution in [2.24, 2.45) is 0 Å². The van der Waals surface area contributed by atoms with Crippen LogP contribution in [-0.4, -0.2) is 34.6 Å². The van der Waals surface area contributed by atoms with Crippen LogP contribution in [0.25, 0.3) is 0 Å². The summed E-state index contributed by atoms with van der Waals surface area (Å²) in [4.78, 5) is 25.1. The highest BCUT2D eigenvalue weighted by atomic mass is 19.1. The lowest BCUT2D eigenvalue weighted by atomic mass is 10.1. The number of hydrogen-bond donors (Lipinski definition) is 2. The molecule has 1 aromatic carbocycles. The molecular formula is C15H19FN2O3. The Balaban J connectivity index is 2.18.